The van der Waals surface area contributed by atoms with Crippen LogP contribution >= 0.6 is 0 Å². The van der Waals surface area contributed by atoms with Gasteiger partial charge >= 0.3 is 0 Å². The van der Waals surface area contributed by atoms with E-state index < -0.39 is 11.4 Å². The summed E-state index contributed by atoms with van der Waals surface area (Å²) in [6.07, 6.45) is 0.702. The Hall–Kier alpha value is -1.29. The molecule has 0 radical (unpaired) electrons. The van der Waals surface area contributed by atoms with Crippen molar-refractivity contribution in [3.8, 4) is 0 Å². The average molecular weight is 212 g/mol. The average Bonchev–Trinajstić information content (AvgIpc) is 2.22. The number of halogens is 1. The molecule has 0 heterocycles. The number of nitrogens with one attached hydrogen (secondary N) is 1. The molecule has 3 nitrogen and oxygen atoms in total. The first-order chi connectivity index (χ1) is 7.00. The van der Waals surface area contributed by atoms with Crippen molar-refractivity contribution in [1.29, 1.82) is 0 Å². The Labute approximate surface area is 89.1 Å². The van der Waals surface area contributed by atoms with Crippen molar-refractivity contribution in [1.82, 2.24) is 0 Å². The Balaban J connectivity index is 2.89. The number of rotatable bonds is 4. The van der Waals surface area contributed by atoms with Crippen LogP contribution in [0.2, 0.25) is 0 Å². The van der Waals surface area contributed by atoms with E-state index in [4.69, 9.17) is 5.73 Å². The quantitative estimate of drug-likeness (QED) is 0.669. The Bertz CT molecular complexity index is 337. The number of benzene rings is 1. The number of anilines is 2. The molecule has 0 saturated carbocycles. The number of hydrogen-bond donors (Lipinski definition) is 3. The van der Waals surface area contributed by atoms with Crippen LogP contribution in [0, 0.1) is 5.82 Å². The van der Waals surface area contributed by atoms with Gasteiger partial charge in [-0.1, -0.05) is 6.92 Å². The summed E-state index contributed by atoms with van der Waals surface area (Å²) >= 11 is 0. The van der Waals surface area contributed by atoms with Gasteiger partial charge in [0.05, 0.1) is 17.8 Å². The molecule has 1 aromatic carbocycles. The molecule has 0 bridgehead atoms. The molecular weight excluding hydrogens is 195 g/mol. The minimum Gasteiger partial charge on any atom is -0.399 e. The van der Waals surface area contributed by atoms with Gasteiger partial charge in [0, 0.05) is 5.69 Å². The molecule has 0 fully saturated rings. The molecule has 0 aliphatic carbocycles. The van der Waals surface area contributed by atoms with E-state index in [0.29, 0.717) is 17.8 Å². The summed E-state index contributed by atoms with van der Waals surface area (Å²) in [5, 5.41) is 12.2. The van der Waals surface area contributed by atoms with Crippen molar-refractivity contribution >= 4 is 11.4 Å². The first-order valence-corrected chi connectivity index (χ1v) is 4.95. The van der Waals surface area contributed by atoms with E-state index in [2.05, 4.69) is 5.32 Å². The lowest BCUT2D eigenvalue weighted by Crippen LogP contribution is -2.38. The van der Waals surface area contributed by atoms with Crippen LogP contribution < -0.4 is 11.1 Å². The second kappa shape index (κ2) is 4.49. The number of aliphatic hydroxyl groups is 1. The lowest BCUT2D eigenvalue weighted by atomic mass is 10.00. The van der Waals surface area contributed by atoms with E-state index >= 15 is 0 Å². The summed E-state index contributed by atoms with van der Waals surface area (Å²) in [5.74, 6) is -0.400. The largest absolute Gasteiger partial charge is 0.399 e. The Morgan fingerprint density at radius 2 is 2.20 bits per heavy atom. The smallest absolute Gasteiger partial charge is 0.148 e. The van der Waals surface area contributed by atoms with Gasteiger partial charge in [0.25, 0.3) is 0 Å². The highest BCUT2D eigenvalue weighted by Gasteiger charge is 2.21. The number of nitrogen functional groups attached to an aromatic ring is 1. The minimum atomic E-state index is -0.503. The van der Waals surface area contributed by atoms with Crippen LogP contribution in [0.25, 0.3) is 0 Å². The predicted molar refractivity (Wildman–Crippen MR) is 60.2 cm³/mol. The van der Waals surface area contributed by atoms with Gasteiger partial charge < -0.3 is 16.2 Å². The molecule has 4 N–H and O–H groups in total. The molecule has 0 saturated heterocycles. The van der Waals surface area contributed by atoms with Crippen molar-refractivity contribution < 1.29 is 9.50 Å². The van der Waals surface area contributed by atoms with Gasteiger partial charge in [-0.15, -0.1) is 0 Å². The number of aliphatic hydroxyl groups excluding tert-OH is 1. The van der Waals surface area contributed by atoms with Gasteiger partial charge in [0.1, 0.15) is 5.82 Å². The minimum absolute atomic E-state index is 0.0483. The van der Waals surface area contributed by atoms with E-state index in [1.54, 1.807) is 12.1 Å². The standard InChI is InChI=1S/C11H17FN2O/c1-3-11(2,7-15)14-10-5-4-8(13)6-9(10)12/h4-6,14-15H,3,7,13H2,1-2H3. The number of hydrogen-bond acceptors (Lipinski definition) is 3. The summed E-state index contributed by atoms with van der Waals surface area (Å²) in [7, 11) is 0. The third kappa shape index (κ3) is 2.83. The van der Waals surface area contributed by atoms with Gasteiger partial charge in [-0.3, -0.25) is 0 Å². The van der Waals surface area contributed by atoms with Gasteiger partial charge in [0.15, 0.2) is 0 Å². The van der Waals surface area contributed by atoms with Crippen LogP contribution in [0.1, 0.15) is 20.3 Å². The molecule has 1 unspecified atom stereocenters. The van der Waals surface area contributed by atoms with Crippen molar-refractivity contribution in [3.05, 3.63) is 24.0 Å². The molecule has 4 heteroatoms. The zero-order valence-electron chi connectivity index (χ0n) is 9.05. The maximum atomic E-state index is 13.4. The fourth-order valence-corrected chi connectivity index (χ4v) is 1.20. The van der Waals surface area contributed by atoms with Crippen molar-refractivity contribution in [2.75, 3.05) is 17.7 Å². The summed E-state index contributed by atoms with van der Waals surface area (Å²) in [4.78, 5) is 0. The lowest BCUT2D eigenvalue weighted by Gasteiger charge is -2.28. The third-order valence-corrected chi connectivity index (χ3v) is 2.56. The normalized spacial score (nSPS) is 14.7. The highest BCUT2D eigenvalue weighted by Crippen LogP contribution is 2.22. The molecule has 1 rings (SSSR count). The Morgan fingerprint density at radius 3 is 2.67 bits per heavy atom. The first-order valence-electron chi connectivity index (χ1n) is 4.95. The van der Waals surface area contributed by atoms with Gasteiger partial charge in [-0.05, 0) is 31.5 Å². The van der Waals surface area contributed by atoms with Crippen molar-refractivity contribution in [3.63, 3.8) is 0 Å². The van der Waals surface area contributed by atoms with E-state index in [1.165, 1.54) is 6.07 Å². The zero-order valence-corrected chi connectivity index (χ0v) is 9.05. The number of nitrogens with two attached hydrogens (primary N) is 1. The van der Waals surface area contributed by atoms with Crippen LogP contribution in [0.3, 0.4) is 0 Å². The summed E-state index contributed by atoms with van der Waals surface area (Å²) < 4.78 is 13.4. The molecule has 0 spiro atoms. The van der Waals surface area contributed by atoms with Crippen LogP contribution in [-0.4, -0.2) is 17.3 Å². The second-order valence-electron chi connectivity index (χ2n) is 3.94. The molecule has 1 atom stereocenters. The highest BCUT2D eigenvalue weighted by atomic mass is 19.1. The molecule has 1 aromatic rings. The molecular formula is C11H17FN2O. The van der Waals surface area contributed by atoms with Gasteiger partial charge in [-0.25, -0.2) is 4.39 Å². The van der Waals surface area contributed by atoms with Crippen LogP contribution in [-0.2, 0) is 0 Å². The van der Waals surface area contributed by atoms with Crippen LogP contribution in [0.15, 0.2) is 18.2 Å². The zero-order chi connectivity index (χ0) is 11.5. The van der Waals surface area contributed by atoms with E-state index in [1.807, 2.05) is 13.8 Å². The monoisotopic (exact) mass is 212 g/mol. The topological polar surface area (TPSA) is 58.3 Å². The fraction of sp³-hybridized carbons (Fsp3) is 0.455. The summed E-state index contributed by atoms with van der Waals surface area (Å²) in [6.45, 7) is 3.72. The first kappa shape index (κ1) is 11.8. The summed E-state index contributed by atoms with van der Waals surface area (Å²) in [6, 6.07) is 4.46. The Morgan fingerprint density at radius 1 is 1.53 bits per heavy atom. The van der Waals surface area contributed by atoms with Crippen LogP contribution in [0.4, 0.5) is 15.8 Å². The molecule has 0 amide bonds. The maximum Gasteiger partial charge on any atom is 0.148 e. The van der Waals surface area contributed by atoms with E-state index in [-0.39, 0.29) is 6.61 Å². The third-order valence-electron chi connectivity index (χ3n) is 2.56. The predicted octanol–water partition coefficient (Wildman–Crippen LogP) is 1.98. The molecule has 0 aromatic heterocycles. The van der Waals surface area contributed by atoms with Gasteiger partial charge in [-0.2, -0.15) is 0 Å². The lowest BCUT2D eigenvalue weighted by molar-refractivity contribution is 0.218. The summed E-state index contributed by atoms with van der Waals surface area (Å²) in [5.41, 5.74) is 5.69. The second-order valence-corrected chi connectivity index (χ2v) is 3.94. The van der Waals surface area contributed by atoms with Crippen molar-refractivity contribution in [2.24, 2.45) is 0 Å². The highest BCUT2D eigenvalue weighted by molar-refractivity contribution is 5.53. The maximum absolute atomic E-state index is 13.4. The van der Waals surface area contributed by atoms with Crippen molar-refractivity contribution in [2.45, 2.75) is 25.8 Å². The molecule has 15 heavy (non-hydrogen) atoms. The van der Waals surface area contributed by atoms with E-state index in [0.717, 1.165) is 0 Å². The molecule has 84 valence electrons. The van der Waals surface area contributed by atoms with Crippen LogP contribution in [0.5, 0.6) is 0 Å². The Kier molecular flexibility index (Phi) is 3.52. The fourth-order valence-electron chi connectivity index (χ4n) is 1.20. The van der Waals surface area contributed by atoms with Gasteiger partial charge in [0.2, 0.25) is 0 Å². The molecule has 0 aliphatic heterocycles. The van der Waals surface area contributed by atoms with E-state index in [9.17, 15) is 9.50 Å². The SMILES string of the molecule is CCC(C)(CO)Nc1ccc(N)cc1F. The molecule has 0 aliphatic rings.